The van der Waals surface area contributed by atoms with Crippen molar-refractivity contribution >= 4 is 21.6 Å². The number of phenols is 1. The van der Waals surface area contributed by atoms with Gasteiger partial charge in [0.1, 0.15) is 5.75 Å². The lowest BCUT2D eigenvalue weighted by molar-refractivity contribution is -0.117. The van der Waals surface area contributed by atoms with E-state index in [-0.39, 0.29) is 29.7 Å². The highest BCUT2D eigenvalue weighted by atomic mass is 32.2. The molecular formula is C13H18N2O4S. The fraction of sp³-hybridized carbons (Fsp3) is 0.462. The highest BCUT2D eigenvalue weighted by Crippen LogP contribution is 2.32. The van der Waals surface area contributed by atoms with E-state index in [4.69, 9.17) is 5.14 Å². The van der Waals surface area contributed by atoms with E-state index in [0.29, 0.717) is 17.8 Å². The summed E-state index contributed by atoms with van der Waals surface area (Å²) in [5, 5.41) is 14.7. The van der Waals surface area contributed by atoms with Crippen LogP contribution in [-0.2, 0) is 14.8 Å². The van der Waals surface area contributed by atoms with Gasteiger partial charge < -0.3 is 10.0 Å². The van der Waals surface area contributed by atoms with Crippen molar-refractivity contribution in [3.8, 4) is 5.75 Å². The fourth-order valence-corrected chi connectivity index (χ4v) is 3.41. The second-order valence-corrected chi connectivity index (χ2v) is 6.99. The summed E-state index contributed by atoms with van der Waals surface area (Å²) in [5.74, 6) is -0.414. The molecule has 1 aliphatic heterocycles. The van der Waals surface area contributed by atoms with Crippen molar-refractivity contribution in [3.05, 3.63) is 23.3 Å². The van der Waals surface area contributed by atoms with Gasteiger partial charge in [-0.1, -0.05) is 0 Å². The van der Waals surface area contributed by atoms with Crippen LogP contribution in [0, 0.1) is 19.8 Å². The van der Waals surface area contributed by atoms with Gasteiger partial charge in [-0.2, -0.15) is 0 Å². The van der Waals surface area contributed by atoms with E-state index in [9.17, 15) is 18.3 Å². The predicted molar refractivity (Wildman–Crippen MR) is 76.0 cm³/mol. The number of hydrogen-bond acceptors (Lipinski definition) is 4. The largest absolute Gasteiger partial charge is 0.508 e. The summed E-state index contributed by atoms with van der Waals surface area (Å²) in [5.41, 5.74) is 2.16. The monoisotopic (exact) mass is 298 g/mol. The standard InChI is InChI=1S/C13H18N2O4S/c1-8-4-12(16)9(2)3-11(8)15-6-10(5-13(15)17)7-20(14,18)19/h3-4,10,16H,5-7H2,1-2H3,(H2,14,18,19). The Bertz CT molecular complexity index is 655. The number of carbonyl (C=O) groups is 1. The summed E-state index contributed by atoms with van der Waals surface area (Å²) in [7, 11) is -3.58. The molecule has 1 fully saturated rings. The number of carbonyl (C=O) groups excluding carboxylic acids is 1. The first kappa shape index (κ1) is 14.8. The van der Waals surface area contributed by atoms with Crippen LogP contribution in [0.4, 0.5) is 5.69 Å². The van der Waals surface area contributed by atoms with Crippen LogP contribution in [0.5, 0.6) is 5.75 Å². The van der Waals surface area contributed by atoms with E-state index in [0.717, 1.165) is 5.56 Å². The summed E-state index contributed by atoms with van der Waals surface area (Å²) < 4.78 is 22.2. The molecule has 1 aliphatic rings. The number of aryl methyl sites for hydroxylation is 2. The normalized spacial score (nSPS) is 19.6. The maximum Gasteiger partial charge on any atom is 0.227 e. The Morgan fingerprint density at radius 1 is 1.35 bits per heavy atom. The van der Waals surface area contributed by atoms with E-state index in [1.165, 1.54) is 0 Å². The van der Waals surface area contributed by atoms with E-state index in [2.05, 4.69) is 0 Å². The van der Waals surface area contributed by atoms with Gasteiger partial charge in [-0.15, -0.1) is 0 Å². The van der Waals surface area contributed by atoms with Crippen molar-refractivity contribution in [2.45, 2.75) is 20.3 Å². The second kappa shape index (κ2) is 5.06. The van der Waals surface area contributed by atoms with Crippen LogP contribution in [0.2, 0.25) is 0 Å². The molecule has 0 saturated carbocycles. The lowest BCUT2D eigenvalue weighted by Crippen LogP contribution is -2.28. The van der Waals surface area contributed by atoms with Gasteiger partial charge in [0.2, 0.25) is 15.9 Å². The summed E-state index contributed by atoms with van der Waals surface area (Å²) in [6.07, 6.45) is 0.176. The van der Waals surface area contributed by atoms with Gasteiger partial charge in [-0.3, -0.25) is 4.79 Å². The highest BCUT2D eigenvalue weighted by Gasteiger charge is 2.33. The minimum Gasteiger partial charge on any atom is -0.508 e. The quantitative estimate of drug-likeness (QED) is 0.855. The molecule has 6 nitrogen and oxygen atoms in total. The molecule has 1 heterocycles. The number of nitrogens with zero attached hydrogens (tertiary/aromatic N) is 1. The van der Waals surface area contributed by atoms with Crippen LogP contribution >= 0.6 is 0 Å². The summed E-state index contributed by atoms with van der Waals surface area (Å²) in [6, 6.07) is 3.34. The number of nitrogens with two attached hydrogens (primary N) is 1. The van der Waals surface area contributed by atoms with E-state index < -0.39 is 10.0 Å². The molecule has 7 heteroatoms. The third-order valence-corrected chi connectivity index (χ3v) is 4.41. The highest BCUT2D eigenvalue weighted by molar-refractivity contribution is 7.89. The molecule has 1 atom stereocenters. The van der Waals surface area contributed by atoms with Crippen LogP contribution < -0.4 is 10.0 Å². The number of sulfonamides is 1. The molecule has 1 unspecified atom stereocenters. The minimum absolute atomic E-state index is 0.119. The smallest absolute Gasteiger partial charge is 0.227 e. The zero-order valence-corrected chi connectivity index (χ0v) is 12.3. The van der Waals surface area contributed by atoms with E-state index in [1.807, 2.05) is 0 Å². The molecule has 0 radical (unpaired) electrons. The average molecular weight is 298 g/mol. The molecule has 110 valence electrons. The Morgan fingerprint density at radius 3 is 2.60 bits per heavy atom. The molecule has 1 amide bonds. The number of hydrogen-bond donors (Lipinski definition) is 2. The molecule has 2 rings (SSSR count). The fourth-order valence-electron chi connectivity index (χ4n) is 2.53. The maximum absolute atomic E-state index is 12.0. The number of benzene rings is 1. The minimum atomic E-state index is -3.58. The number of phenolic OH excluding ortho intramolecular Hbond substituents is 1. The predicted octanol–water partition coefficient (Wildman–Crippen LogP) is 0.650. The first-order valence-corrected chi connectivity index (χ1v) is 8.00. The van der Waals surface area contributed by atoms with Crippen LogP contribution in [0.3, 0.4) is 0 Å². The summed E-state index contributed by atoms with van der Waals surface area (Å²) >= 11 is 0. The van der Waals surface area contributed by atoms with Gasteiger partial charge in [-0.25, -0.2) is 13.6 Å². The Labute approximate surface area is 118 Å². The molecule has 20 heavy (non-hydrogen) atoms. The zero-order valence-electron chi connectivity index (χ0n) is 11.5. The molecule has 1 saturated heterocycles. The summed E-state index contributed by atoms with van der Waals surface area (Å²) in [6.45, 7) is 3.88. The number of amides is 1. The van der Waals surface area contributed by atoms with Crippen LogP contribution in [0.1, 0.15) is 17.5 Å². The molecule has 0 bridgehead atoms. The van der Waals surface area contributed by atoms with Crippen molar-refractivity contribution in [3.63, 3.8) is 0 Å². The van der Waals surface area contributed by atoms with Crippen LogP contribution in [-0.4, -0.2) is 31.7 Å². The number of anilines is 1. The Hall–Kier alpha value is -1.60. The van der Waals surface area contributed by atoms with E-state index in [1.54, 1.807) is 30.9 Å². The topological polar surface area (TPSA) is 101 Å². The average Bonchev–Trinajstić information content (AvgIpc) is 2.62. The van der Waals surface area contributed by atoms with Gasteiger partial charge in [0.05, 0.1) is 5.75 Å². The molecule has 0 aromatic heterocycles. The van der Waals surface area contributed by atoms with Gasteiger partial charge in [-0.05, 0) is 37.1 Å². The van der Waals surface area contributed by atoms with Crippen molar-refractivity contribution in [1.82, 2.24) is 0 Å². The third kappa shape index (κ3) is 3.10. The molecule has 0 spiro atoms. The SMILES string of the molecule is Cc1cc(N2CC(CS(N)(=O)=O)CC2=O)c(C)cc1O. The van der Waals surface area contributed by atoms with Gasteiger partial charge in [0.15, 0.2) is 0 Å². The molecule has 1 aromatic carbocycles. The molecule has 0 aliphatic carbocycles. The Balaban J connectivity index is 2.26. The van der Waals surface area contributed by atoms with E-state index >= 15 is 0 Å². The lowest BCUT2D eigenvalue weighted by atomic mass is 10.1. The zero-order chi connectivity index (χ0) is 15.1. The van der Waals surface area contributed by atoms with Crippen LogP contribution in [0.25, 0.3) is 0 Å². The molecule has 3 N–H and O–H groups in total. The first-order chi connectivity index (χ1) is 9.17. The second-order valence-electron chi connectivity index (χ2n) is 5.33. The number of rotatable bonds is 3. The Morgan fingerprint density at radius 2 is 2.00 bits per heavy atom. The van der Waals surface area contributed by atoms with Crippen molar-refractivity contribution in [2.24, 2.45) is 11.1 Å². The molecular weight excluding hydrogens is 280 g/mol. The van der Waals surface area contributed by atoms with Crippen molar-refractivity contribution < 1.29 is 18.3 Å². The third-order valence-electron chi connectivity index (χ3n) is 3.48. The Kier molecular flexibility index (Phi) is 3.75. The lowest BCUT2D eigenvalue weighted by Gasteiger charge is -2.20. The summed E-state index contributed by atoms with van der Waals surface area (Å²) in [4.78, 5) is 13.6. The van der Waals surface area contributed by atoms with Crippen LogP contribution in [0.15, 0.2) is 12.1 Å². The van der Waals surface area contributed by atoms with Gasteiger partial charge in [0.25, 0.3) is 0 Å². The number of primary sulfonamides is 1. The molecule has 1 aromatic rings. The van der Waals surface area contributed by atoms with Crippen molar-refractivity contribution in [1.29, 1.82) is 0 Å². The maximum atomic E-state index is 12.0. The number of aromatic hydroxyl groups is 1. The first-order valence-electron chi connectivity index (χ1n) is 6.28. The van der Waals surface area contributed by atoms with Crippen molar-refractivity contribution in [2.75, 3.05) is 17.2 Å². The van der Waals surface area contributed by atoms with Gasteiger partial charge in [0, 0.05) is 24.6 Å². The van der Waals surface area contributed by atoms with Gasteiger partial charge >= 0.3 is 0 Å².